The fourth-order valence-electron chi connectivity index (χ4n) is 2.81. The summed E-state index contributed by atoms with van der Waals surface area (Å²) in [5.74, 6) is 6.10. The first-order valence-electron chi connectivity index (χ1n) is 6.22. The molecule has 0 aliphatic heterocycles. The van der Waals surface area contributed by atoms with Crippen molar-refractivity contribution in [1.82, 2.24) is 5.43 Å². The van der Waals surface area contributed by atoms with Gasteiger partial charge < -0.3 is 4.74 Å². The lowest BCUT2D eigenvalue weighted by Crippen LogP contribution is -2.51. The SMILES string of the molecule is COc1cc(C)c(C2(C(=O)NN)CCC2)cc1C. The molecule has 2 rings (SSSR count). The van der Waals surface area contributed by atoms with E-state index in [-0.39, 0.29) is 5.91 Å². The number of hydrogen-bond acceptors (Lipinski definition) is 3. The molecule has 4 heteroatoms. The Hall–Kier alpha value is -1.55. The zero-order chi connectivity index (χ0) is 13.3. The number of hydrazine groups is 1. The Morgan fingerprint density at radius 3 is 2.44 bits per heavy atom. The number of nitrogens with two attached hydrogens (primary N) is 1. The Bertz CT molecular complexity index is 479. The van der Waals surface area contributed by atoms with E-state index in [1.807, 2.05) is 19.9 Å². The summed E-state index contributed by atoms with van der Waals surface area (Å²) in [6.45, 7) is 4.01. The Morgan fingerprint density at radius 2 is 2.00 bits per heavy atom. The Kier molecular flexibility index (Phi) is 3.30. The second-order valence-corrected chi connectivity index (χ2v) is 5.05. The van der Waals surface area contributed by atoms with Crippen LogP contribution in [-0.4, -0.2) is 13.0 Å². The molecule has 18 heavy (non-hydrogen) atoms. The minimum absolute atomic E-state index is 0.0820. The van der Waals surface area contributed by atoms with Gasteiger partial charge in [-0.3, -0.25) is 10.2 Å². The van der Waals surface area contributed by atoms with Crippen LogP contribution in [0.3, 0.4) is 0 Å². The molecule has 1 fully saturated rings. The lowest BCUT2D eigenvalue weighted by Gasteiger charge is -2.41. The third kappa shape index (κ3) is 1.77. The van der Waals surface area contributed by atoms with Crippen molar-refractivity contribution in [2.45, 2.75) is 38.5 Å². The predicted molar refractivity (Wildman–Crippen MR) is 70.3 cm³/mol. The highest BCUT2D eigenvalue weighted by Crippen LogP contribution is 2.46. The molecule has 1 aliphatic rings. The summed E-state index contributed by atoms with van der Waals surface area (Å²) in [5, 5.41) is 0. The summed E-state index contributed by atoms with van der Waals surface area (Å²) < 4.78 is 5.31. The van der Waals surface area contributed by atoms with Gasteiger partial charge in [-0.25, -0.2) is 5.84 Å². The number of benzene rings is 1. The lowest BCUT2D eigenvalue weighted by atomic mass is 9.62. The van der Waals surface area contributed by atoms with Gasteiger partial charge in [0.15, 0.2) is 0 Å². The topological polar surface area (TPSA) is 64.3 Å². The summed E-state index contributed by atoms with van der Waals surface area (Å²) in [6, 6.07) is 4.05. The maximum Gasteiger partial charge on any atom is 0.244 e. The fraction of sp³-hybridized carbons (Fsp3) is 0.500. The Labute approximate surface area is 107 Å². The van der Waals surface area contributed by atoms with Crippen molar-refractivity contribution in [3.05, 3.63) is 28.8 Å². The summed E-state index contributed by atoms with van der Waals surface area (Å²) in [4.78, 5) is 12.1. The smallest absolute Gasteiger partial charge is 0.244 e. The molecular formula is C14H20N2O2. The van der Waals surface area contributed by atoms with Gasteiger partial charge in [-0.2, -0.15) is 0 Å². The largest absolute Gasteiger partial charge is 0.496 e. The maximum atomic E-state index is 12.1. The number of amides is 1. The summed E-state index contributed by atoms with van der Waals surface area (Å²) in [7, 11) is 1.66. The van der Waals surface area contributed by atoms with E-state index >= 15 is 0 Å². The third-order valence-electron chi connectivity index (χ3n) is 4.03. The van der Waals surface area contributed by atoms with Crippen molar-refractivity contribution >= 4 is 5.91 Å². The van der Waals surface area contributed by atoms with Crippen LogP contribution in [0.2, 0.25) is 0 Å². The van der Waals surface area contributed by atoms with Gasteiger partial charge in [0.25, 0.3) is 0 Å². The van der Waals surface area contributed by atoms with Crippen LogP contribution in [0.15, 0.2) is 12.1 Å². The van der Waals surface area contributed by atoms with Crippen molar-refractivity contribution in [3.8, 4) is 5.75 Å². The van der Waals surface area contributed by atoms with E-state index in [1.165, 1.54) is 0 Å². The molecule has 0 unspecified atom stereocenters. The second kappa shape index (κ2) is 4.61. The maximum absolute atomic E-state index is 12.1. The summed E-state index contributed by atoms with van der Waals surface area (Å²) in [6.07, 6.45) is 2.79. The minimum Gasteiger partial charge on any atom is -0.496 e. The summed E-state index contributed by atoms with van der Waals surface area (Å²) >= 11 is 0. The lowest BCUT2D eigenvalue weighted by molar-refractivity contribution is -0.130. The van der Waals surface area contributed by atoms with Gasteiger partial charge in [-0.05, 0) is 49.4 Å². The molecule has 0 saturated heterocycles. The molecule has 0 spiro atoms. The molecular weight excluding hydrogens is 228 g/mol. The first-order chi connectivity index (χ1) is 8.55. The number of methoxy groups -OCH3 is 1. The number of nitrogens with one attached hydrogen (secondary N) is 1. The number of carbonyl (C=O) groups excluding carboxylic acids is 1. The number of ether oxygens (including phenoxy) is 1. The van der Waals surface area contributed by atoms with Gasteiger partial charge in [-0.15, -0.1) is 0 Å². The number of carbonyl (C=O) groups is 1. The molecule has 3 N–H and O–H groups in total. The van der Waals surface area contributed by atoms with Gasteiger partial charge in [0.05, 0.1) is 12.5 Å². The number of aryl methyl sites for hydroxylation is 2. The van der Waals surface area contributed by atoms with Gasteiger partial charge in [0.2, 0.25) is 5.91 Å². The molecule has 0 heterocycles. The molecule has 0 aromatic heterocycles. The third-order valence-corrected chi connectivity index (χ3v) is 4.03. The number of rotatable bonds is 3. The van der Waals surface area contributed by atoms with Crippen molar-refractivity contribution in [3.63, 3.8) is 0 Å². The van der Waals surface area contributed by atoms with Crippen molar-refractivity contribution in [1.29, 1.82) is 0 Å². The van der Waals surface area contributed by atoms with Crippen LogP contribution in [0.4, 0.5) is 0 Å². The van der Waals surface area contributed by atoms with E-state index in [2.05, 4.69) is 11.5 Å². The highest BCUT2D eigenvalue weighted by molar-refractivity contribution is 5.89. The van der Waals surface area contributed by atoms with Crippen LogP contribution < -0.4 is 16.0 Å². The molecule has 1 aliphatic carbocycles. The van der Waals surface area contributed by atoms with Crippen molar-refractivity contribution < 1.29 is 9.53 Å². The predicted octanol–water partition coefficient (Wildman–Crippen LogP) is 1.72. The van der Waals surface area contributed by atoms with Crippen LogP contribution in [-0.2, 0) is 10.2 Å². The highest BCUT2D eigenvalue weighted by atomic mass is 16.5. The van der Waals surface area contributed by atoms with Crippen LogP contribution in [0.1, 0.15) is 36.0 Å². The molecule has 1 aromatic carbocycles. The number of hydrogen-bond donors (Lipinski definition) is 2. The van der Waals surface area contributed by atoms with E-state index in [1.54, 1.807) is 7.11 Å². The van der Waals surface area contributed by atoms with E-state index in [0.29, 0.717) is 0 Å². The molecule has 1 aromatic rings. The first-order valence-corrected chi connectivity index (χ1v) is 6.22. The fourth-order valence-corrected chi connectivity index (χ4v) is 2.81. The van der Waals surface area contributed by atoms with E-state index < -0.39 is 5.41 Å². The average Bonchev–Trinajstić information content (AvgIpc) is 2.31. The summed E-state index contributed by atoms with van der Waals surface area (Å²) in [5.41, 5.74) is 5.09. The van der Waals surface area contributed by atoms with Crippen LogP contribution >= 0.6 is 0 Å². The molecule has 0 atom stereocenters. The molecule has 0 radical (unpaired) electrons. The minimum atomic E-state index is -0.435. The van der Waals surface area contributed by atoms with Gasteiger partial charge in [-0.1, -0.05) is 12.5 Å². The second-order valence-electron chi connectivity index (χ2n) is 5.05. The van der Waals surface area contributed by atoms with E-state index in [9.17, 15) is 4.79 Å². The average molecular weight is 248 g/mol. The zero-order valence-corrected chi connectivity index (χ0v) is 11.2. The van der Waals surface area contributed by atoms with E-state index in [4.69, 9.17) is 10.6 Å². The van der Waals surface area contributed by atoms with Crippen LogP contribution in [0.5, 0.6) is 5.75 Å². The van der Waals surface area contributed by atoms with Crippen LogP contribution in [0.25, 0.3) is 0 Å². The van der Waals surface area contributed by atoms with Gasteiger partial charge in [0, 0.05) is 0 Å². The first kappa shape index (κ1) is 12.9. The van der Waals surface area contributed by atoms with Crippen molar-refractivity contribution in [2.24, 2.45) is 5.84 Å². The molecule has 4 nitrogen and oxygen atoms in total. The van der Waals surface area contributed by atoms with Gasteiger partial charge >= 0.3 is 0 Å². The Morgan fingerprint density at radius 1 is 1.33 bits per heavy atom. The molecule has 98 valence electrons. The normalized spacial score (nSPS) is 16.9. The van der Waals surface area contributed by atoms with Crippen LogP contribution in [0, 0.1) is 13.8 Å². The Balaban J connectivity index is 2.50. The van der Waals surface area contributed by atoms with Crippen molar-refractivity contribution in [2.75, 3.05) is 7.11 Å². The standard InChI is InChI=1S/C14H20N2O2/c1-9-8-12(18-3)10(2)7-11(9)14(5-4-6-14)13(17)16-15/h7-8H,4-6,15H2,1-3H3,(H,16,17). The molecule has 0 bridgehead atoms. The highest BCUT2D eigenvalue weighted by Gasteiger charge is 2.46. The van der Waals surface area contributed by atoms with E-state index in [0.717, 1.165) is 41.7 Å². The quantitative estimate of drug-likeness (QED) is 0.486. The molecule has 1 amide bonds. The van der Waals surface area contributed by atoms with Gasteiger partial charge in [0.1, 0.15) is 5.75 Å². The monoisotopic (exact) mass is 248 g/mol. The zero-order valence-electron chi connectivity index (χ0n) is 11.2. The molecule has 1 saturated carbocycles.